The molecule has 3 rings (SSSR count). The third kappa shape index (κ3) is 5.57. The maximum atomic E-state index is 13.9. The highest BCUT2D eigenvalue weighted by Gasteiger charge is 2.23. The largest absolute Gasteiger partial charge is 0.480 e. The first-order valence-electron chi connectivity index (χ1n) is 9.50. The summed E-state index contributed by atoms with van der Waals surface area (Å²) in [7, 11) is 0. The second kappa shape index (κ2) is 9.86. The van der Waals surface area contributed by atoms with Gasteiger partial charge in [0.05, 0.1) is 11.4 Å². The summed E-state index contributed by atoms with van der Waals surface area (Å²) in [6.45, 7) is 5.55. The first-order valence-corrected chi connectivity index (χ1v) is 10.5. The van der Waals surface area contributed by atoms with Gasteiger partial charge in [-0.3, -0.25) is 4.79 Å². The fourth-order valence-corrected chi connectivity index (χ4v) is 3.72. The van der Waals surface area contributed by atoms with E-state index in [9.17, 15) is 18.0 Å². The number of para-hydroxylation sites is 1. The van der Waals surface area contributed by atoms with Gasteiger partial charge in [0.1, 0.15) is 11.6 Å². The summed E-state index contributed by atoms with van der Waals surface area (Å²) in [5.41, 5.74) is -0.233. The number of amides is 1. The van der Waals surface area contributed by atoms with Gasteiger partial charge in [0.25, 0.3) is 0 Å². The summed E-state index contributed by atoms with van der Waals surface area (Å²) < 4.78 is 48.4. The number of aromatic nitrogens is 3. The lowest BCUT2D eigenvalue weighted by molar-refractivity contribution is -0.113. The molecule has 1 aromatic heterocycles. The third-order valence-electron chi connectivity index (χ3n) is 4.25. The van der Waals surface area contributed by atoms with Crippen molar-refractivity contribution in [2.45, 2.75) is 38.1 Å². The molecule has 31 heavy (non-hydrogen) atoms. The zero-order valence-electron chi connectivity index (χ0n) is 17.1. The topological polar surface area (TPSA) is 69.0 Å². The number of benzene rings is 2. The zero-order valence-corrected chi connectivity index (χ0v) is 17.9. The number of carbonyl (C=O) groups is 1. The fourth-order valence-electron chi connectivity index (χ4n) is 2.84. The second-order valence-electron chi connectivity index (χ2n) is 6.96. The van der Waals surface area contributed by atoms with Gasteiger partial charge in [-0.2, -0.15) is 0 Å². The maximum Gasteiger partial charge on any atom is 0.234 e. The molecule has 0 radical (unpaired) electrons. The van der Waals surface area contributed by atoms with Gasteiger partial charge in [-0.15, -0.1) is 10.2 Å². The Morgan fingerprint density at radius 1 is 1.10 bits per heavy atom. The van der Waals surface area contributed by atoms with Crippen LogP contribution < -0.4 is 10.1 Å². The van der Waals surface area contributed by atoms with Crippen LogP contribution in [0.15, 0.2) is 47.6 Å². The van der Waals surface area contributed by atoms with E-state index in [1.165, 1.54) is 12.1 Å². The van der Waals surface area contributed by atoms with Crippen LogP contribution in [0.3, 0.4) is 0 Å². The monoisotopic (exact) mass is 450 g/mol. The quantitative estimate of drug-likeness (QED) is 0.481. The Balaban J connectivity index is 1.70. The fraction of sp³-hybridized carbons (Fsp3) is 0.286. The molecule has 1 amide bonds. The number of ether oxygens (including phenoxy) is 1. The van der Waals surface area contributed by atoms with Crippen molar-refractivity contribution in [1.82, 2.24) is 14.8 Å². The standard InChI is InChI=1S/C21H21F3N4O2S/c1-12(2)28-20(13(3)30-18-7-5-4-6-16(18)24)26-27-21(28)31-11-19(29)25-17-10-14(22)8-9-15(17)23/h4-10,12-13H,11H2,1-3H3,(H,25,29). The molecule has 3 aromatic rings. The number of halogens is 3. The first-order chi connectivity index (χ1) is 14.8. The van der Waals surface area contributed by atoms with Gasteiger partial charge in [-0.1, -0.05) is 23.9 Å². The molecule has 0 saturated carbocycles. The average Bonchev–Trinajstić information content (AvgIpc) is 3.15. The minimum absolute atomic E-state index is 0.0668. The van der Waals surface area contributed by atoms with Crippen LogP contribution in [-0.2, 0) is 4.79 Å². The van der Waals surface area contributed by atoms with E-state index >= 15 is 0 Å². The summed E-state index contributed by atoms with van der Waals surface area (Å²) in [5.74, 6) is -1.92. The van der Waals surface area contributed by atoms with E-state index in [4.69, 9.17) is 4.74 Å². The van der Waals surface area contributed by atoms with Crippen LogP contribution in [0.5, 0.6) is 5.75 Å². The van der Waals surface area contributed by atoms with E-state index in [2.05, 4.69) is 15.5 Å². The molecule has 1 heterocycles. The Morgan fingerprint density at radius 2 is 1.84 bits per heavy atom. The Labute approximate surface area is 181 Å². The van der Waals surface area contributed by atoms with Crippen molar-refractivity contribution in [2.75, 3.05) is 11.1 Å². The molecule has 1 unspecified atom stereocenters. The van der Waals surface area contributed by atoms with Crippen molar-refractivity contribution < 1.29 is 22.7 Å². The SMILES string of the molecule is CC(Oc1ccccc1F)c1nnc(SCC(=O)Nc2cc(F)ccc2F)n1C(C)C. The van der Waals surface area contributed by atoms with Crippen LogP contribution in [0, 0.1) is 17.5 Å². The lowest BCUT2D eigenvalue weighted by Crippen LogP contribution is -2.17. The highest BCUT2D eigenvalue weighted by atomic mass is 32.2. The Morgan fingerprint density at radius 3 is 2.55 bits per heavy atom. The summed E-state index contributed by atoms with van der Waals surface area (Å²) in [4.78, 5) is 12.2. The summed E-state index contributed by atoms with van der Waals surface area (Å²) in [5, 5.41) is 11.1. The first kappa shape index (κ1) is 22.7. The molecule has 10 heteroatoms. The number of nitrogens with zero attached hydrogens (tertiary/aromatic N) is 3. The average molecular weight is 450 g/mol. The van der Waals surface area contributed by atoms with Gasteiger partial charge < -0.3 is 14.6 Å². The molecule has 0 aliphatic heterocycles. The molecule has 1 N–H and O–H groups in total. The van der Waals surface area contributed by atoms with Crippen molar-refractivity contribution in [1.29, 1.82) is 0 Å². The Kier molecular flexibility index (Phi) is 7.21. The van der Waals surface area contributed by atoms with Gasteiger partial charge in [-0.25, -0.2) is 13.2 Å². The van der Waals surface area contributed by atoms with E-state index < -0.39 is 29.5 Å². The smallest absolute Gasteiger partial charge is 0.234 e. The molecule has 0 aliphatic carbocycles. The highest BCUT2D eigenvalue weighted by Crippen LogP contribution is 2.28. The summed E-state index contributed by atoms with van der Waals surface area (Å²) in [6.07, 6.45) is -0.601. The molecule has 164 valence electrons. The predicted octanol–water partition coefficient (Wildman–Crippen LogP) is 5.15. The number of hydrogen-bond donors (Lipinski definition) is 1. The lowest BCUT2D eigenvalue weighted by Gasteiger charge is -2.19. The van der Waals surface area contributed by atoms with E-state index in [0.717, 1.165) is 30.0 Å². The van der Waals surface area contributed by atoms with Crippen LogP contribution in [0.2, 0.25) is 0 Å². The second-order valence-corrected chi connectivity index (χ2v) is 7.90. The van der Waals surface area contributed by atoms with E-state index in [1.807, 2.05) is 13.8 Å². The molecule has 0 fully saturated rings. The van der Waals surface area contributed by atoms with Crippen molar-refractivity contribution >= 4 is 23.4 Å². The van der Waals surface area contributed by atoms with Gasteiger partial charge in [0, 0.05) is 12.1 Å². The molecule has 0 aliphatic rings. The molecular weight excluding hydrogens is 429 g/mol. The normalized spacial score (nSPS) is 12.1. The minimum atomic E-state index is -0.730. The highest BCUT2D eigenvalue weighted by molar-refractivity contribution is 7.99. The van der Waals surface area contributed by atoms with Crippen LogP contribution >= 0.6 is 11.8 Å². The molecule has 1 atom stereocenters. The minimum Gasteiger partial charge on any atom is -0.480 e. The summed E-state index contributed by atoms with van der Waals surface area (Å²) >= 11 is 1.09. The molecule has 0 saturated heterocycles. The number of carbonyl (C=O) groups excluding carboxylic acids is 1. The van der Waals surface area contributed by atoms with Crippen molar-refractivity contribution in [3.63, 3.8) is 0 Å². The predicted molar refractivity (Wildman–Crippen MR) is 112 cm³/mol. The molecule has 0 bridgehead atoms. The lowest BCUT2D eigenvalue weighted by atomic mass is 10.3. The molecular formula is C21H21F3N4O2S. The van der Waals surface area contributed by atoms with Crippen molar-refractivity contribution in [3.05, 3.63) is 65.7 Å². The number of thioether (sulfide) groups is 1. The van der Waals surface area contributed by atoms with Crippen LogP contribution in [0.4, 0.5) is 18.9 Å². The Bertz CT molecular complexity index is 1070. The molecule has 0 spiro atoms. The van der Waals surface area contributed by atoms with Gasteiger partial charge in [0.15, 0.2) is 28.7 Å². The van der Waals surface area contributed by atoms with Gasteiger partial charge >= 0.3 is 0 Å². The van der Waals surface area contributed by atoms with Crippen molar-refractivity contribution in [3.8, 4) is 5.75 Å². The van der Waals surface area contributed by atoms with E-state index in [0.29, 0.717) is 11.0 Å². The van der Waals surface area contributed by atoms with Gasteiger partial charge in [0.2, 0.25) is 5.91 Å². The van der Waals surface area contributed by atoms with Crippen molar-refractivity contribution in [2.24, 2.45) is 0 Å². The zero-order chi connectivity index (χ0) is 22.5. The van der Waals surface area contributed by atoms with E-state index in [1.54, 1.807) is 23.6 Å². The van der Waals surface area contributed by atoms with Gasteiger partial charge in [-0.05, 0) is 45.0 Å². The molecule has 6 nitrogen and oxygen atoms in total. The number of nitrogens with one attached hydrogen (secondary N) is 1. The maximum absolute atomic E-state index is 13.9. The number of rotatable bonds is 8. The summed E-state index contributed by atoms with van der Waals surface area (Å²) in [6, 6.07) is 8.81. The van der Waals surface area contributed by atoms with Crippen LogP contribution in [-0.4, -0.2) is 26.4 Å². The third-order valence-corrected chi connectivity index (χ3v) is 5.19. The Hall–Kier alpha value is -3.01. The van der Waals surface area contributed by atoms with Crippen LogP contribution in [0.1, 0.15) is 38.7 Å². The van der Waals surface area contributed by atoms with Crippen LogP contribution in [0.25, 0.3) is 0 Å². The van der Waals surface area contributed by atoms with E-state index in [-0.39, 0.29) is 23.2 Å². The number of hydrogen-bond acceptors (Lipinski definition) is 5. The number of anilines is 1. The molecule has 2 aromatic carbocycles.